The molecule has 0 aromatic rings. The lowest BCUT2D eigenvalue weighted by Gasteiger charge is -2.14. The zero-order valence-corrected chi connectivity index (χ0v) is 23.5. The van der Waals surface area contributed by atoms with Gasteiger partial charge >= 0.3 is 0 Å². The molecule has 0 rings (SSSR count). The molecule has 0 bridgehead atoms. The first-order valence-corrected chi connectivity index (χ1v) is 15.5. The molecule has 0 saturated carbocycles. The van der Waals surface area contributed by atoms with E-state index in [1.54, 1.807) is 0 Å². The van der Waals surface area contributed by atoms with Crippen LogP contribution in [-0.4, -0.2) is 5.91 Å². The third kappa shape index (κ3) is 24.7. The van der Waals surface area contributed by atoms with Crippen molar-refractivity contribution in [2.45, 2.75) is 181 Å². The number of nitrogens with one attached hydrogen (secondary N) is 1. The summed E-state index contributed by atoms with van der Waals surface area (Å²) in [4.78, 5) is 14.5. The SMILES string of the molecule is CCCCCCCCCCCCCCC(CCCCCCCCCCCCCC)C(=O)NCl. The molecule has 0 aliphatic heterocycles. The Balaban J connectivity index is 3.54. The van der Waals surface area contributed by atoms with Crippen LogP contribution in [0.4, 0.5) is 0 Å². The molecule has 0 aliphatic rings. The van der Waals surface area contributed by atoms with E-state index in [2.05, 4.69) is 18.7 Å². The number of rotatable bonds is 27. The molecule has 0 aromatic carbocycles. The first-order valence-electron chi connectivity index (χ1n) is 15.2. The highest BCUT2D eigenvalue weighted by Gasteiger charge is 2.16. The quantitative estimate of drug-likeness (QED) is 0.0908. The normalized spacial score (nSPS) is 11.4. The number of unbranched alkanes of at least 4 members (excludes halogenated alkanes) is 22. The molecule has 0 radical (unpaired) electrons. The van der Waals surface area contributed by atoms with Crippen molar-refractivity contribution >= 4 is 17.7 Å². The standard InChI is InChI=1S/C30H60ClNO/c1-3-5-7-9-11-13-15-17-19-21-23-25-27-29(30(33)32-31)28-26-24-22-20-18-16-14-12-10-8-6-4-2/h29H,3-28H2,1-2H3,(H,32,33). The Hall–Kier alpha value is -0.240. The molecule has 0 fully saturated rings. The van der Waals surface area contributed by atoms with Gasteiger partial charge in [-0.05, 0) is 12.8 Å². The lowest BCUT2D eigenvalue weighted by molar-refractivity contribution is -0.123. The van der Waals surface area contributed by atoms with Crippen LogP contribution >= 0.6 is 11.8 Å². The number of halogens is 1. The smallest absolute Gasteiger partial charge is 0.237 e. The van der Waals surface area contributed by atoms with Crippen molar-refractivity contribution in [3.63, 3.8) is 0 Å². The van der Waals surface area contributed by atoms with Crippen LogP contribution < -0.4 is 4.84 Å². The molecule has 0 spiro atoms. The molecular formula is C30H60ClNO. The van der Waals surface area contributed by atoms with E-state index in [9.17, 15) is 4.79 Å². The third-order valence-corrected chi connectivity index (χ3v) is 7.46. The molecule has 198 valence electrons. The molecule has 1 amide bonds. The first kappa shape index (κ1) is 32.8. The highest BCUT2D eigenvalue weighted by atomic mass is 35.5. The van der Waals surface area contributed by atoms with Crippen LogP contribution in [0.1, 0.15) is 181 Å². The van der Waals surface area contributed by atoms with Gasteiger partial charge in [0.05, 0.1) is 0 Å². The molecule has 33 heavy (non-hydrogen) atoms. The zero-order valence-electron chi connectivity index (χ0n) is 22.7. The van der Waals surface area contributed by atoms with Crippen LogP contribution in [0.5, 0.6) is 0 Å². The predicted molar refractivity (Wildman–Crippen MR) is 149 cm³/mol. The Labute approximate surface area is 213 Å². The maximum absolute atomic E-state index is 12.1. The summed E-state index contributed by atoms with van der Waals surface area (Å²) in [5, 5.41) is 0. The Bertz CT molecular complexity index is 359. The van der Waals surface area contributed by atoms with Gasteiger partial charge in [0.25, 0.3) is 0 Å². The summed E-state index contributed by atoms with van der Waals surface area (Å²) in [5.41, 5.74) is 0. The number of hydrogen-bond donors (Lipinski definition) is 1. The second-order valence-corrected chi connectivity index (χ2v) is 10.7. The Morgan fingerprint density at radius 3 is 0.970 bits per heavy atom. The van der Waals surface area contributed by atoms with Crippen LogP contribution in [0.3, 0.4) is 0 Å². The van der Waals surface area contributed by atoms with E-state index >= 15 is 0 Å². The minimum absolute atomic E-state index is 0.0443. The molecular weight excluding hydrogens is 426 g/mol. The van der Waals surface area contributed by atoms with Gasteiger partial charge in [-0.15, -0.1) is 0 Å². The van der Waals surface area contributed by atoms with Crippen molar-refractivity contribution in [2.24, 2.45) is 5.92 Å². The number of carbonyl (C=O) groups excluding carboxylic acids is 1. The highest BCUT2D eigenvalue weighted by Crippen LogP contribution is 2.20. The van der Waals surface area contributed by atoms with Crippen molar-refractivity contribution in [2.75, 3.05) is 0 Å². The average molecular weight is 486 g/mol. The molecule has 0 unspecified atom stereocenters. The van der Waals surface area contributed by atoms with Gasteiger partial charge in [-0.3, -0.25) is 9.63 Å². The molecule has 0 atom stereocenters. The van der Waals surface area contributed by atoms with E-state index in [0.717, 1.165) is 12.8 Å². The van der Waals surface area contributed by atoms with Crippen molar-refractivity contribution in [3.8, 4) is 0 Å². The van der Waals surface area contributed by atoms with E-state index in [4.69, 9.17) is 11.8 Å². The fourth-order valence-electron chi connectivity index (χ4n) is 4.95. The molecule has 0 aromatic heterocycles. The van der Waals surface area contributed by atoms with Crippen LogP contribution in [-0.2, 0) is 4.79 Å². The highest BCUT2D eigenvalue weighted by molar-refractivity contribution is 6.21. The molecule has 0 saturated heterocycles. The fraction of sp³-hybridized carbons (Fsp3) is 0.967. The summed E-state index contributed by atoms with van der Waals surface area (Å²) in [6, 6.07) is 0. The molecule has 0 heterocycles. The van der Waals surface area contributed by atoms with Gasteiger partial charge in [-0.2, -0.15) is 0 Å². The van der Waals surface area contributed by atoms with Crippen molar-refractivity contribution < 1.29 is 4.79 Å². The summed E-state index contributed by atoms with van der Waals surface area (Å²) >= 11 is 5.65. The summed E-state index contributed by atoms with van der Waals surface area (Å²) in [6.07, 6.45) is 34.7. The maximum atomic E-state index is 12.1. The number of hydrogen-bond acceptors (Lipinski definition) is 1. The van der Waals surface area contributed by atoms with E-state index in [1.807, 2.05) is 0 Å². The molecule has 2 nitrogen and oxygen atoms in total. The third-order valence-electron chi connectivity index (χ3n) is 7.28. The average Bonchev–Trinajstić information content (AvgIpc) is 2.83. The molecule has 1 N–H and O–H groups in total. The zero-order chi connectivity index (χ0) is 24.2. The van der Waals surface area contributed by atoms with Crippen LogP contribution in [0.15, 0.2) is 0 Å². The summed E-state index contributed by atoms with van der Waals surface area (Å²) in [6.45, 7) is 4.56. The Morgan fingerprint density at radius 1 is 0.485 bits per heavy atom. The van der Waals surface area contributed by atoms with Gasteiger partial charge in [-0.25, -0.2) is 0 Å². The van der Waals surface area contributed by atoms with Crippen LogP contribution in [0.2, 0.25) is 0 Å². The Morgan fingerprint density at radius 2 is 0.727 bits per heavy atom. The van der Waals surface area contributed by atoms with Gasteiger partial charge in [0.15, 0.2) is 0 Å². The van der Waals surface area contributed by atoms with Crippen LogP contribution in [0, 0.1) is 5.92 Å². The van der Waals surface area contributed by atoms with Gasteiger partial charge < -0.3 is 0 Å². The Kier molecular flexibility index (Phi) is 27.8. The van der Waals surface area contributed by atoms with Gasteiger partial charge in [0, 0.05) is 17.7 Å². The minimum atomic E-state index is 0.0443. The first-order chi connectivity index (χ1) is 16.3. The molecule has 0 aliphatic carbocycles. The van der Waals surface area contributed by atoms with E-state index in [-0.39, 0.29) is 11.8 Å². The number of amides is 1. The lowest BCUT2D eigenvalue weighted by atomic mass is 9.93. The second-order valence-electron chi connectivity index (χ2n) is 10.5. The maximum Gasteiger partial charge on any atom is 0.237 e. The van der Waals surface area contributed by atoms with E-state index in [0.29, 0.717) is 0 Å². The van der Waals surface area contributed by atoms with E-state index < -0.39 is 0 Å². The van der Waals surface area contributed by atoms with E-state index in [1.165, 1.54) is 154 Å². The molecule has 3 heteroatoms. The van der Waals surface area contributed by atoms with Crippen LogP contribution in [0.25, 0.3) is 0 Å². The minimum Gasteiger partial charge on any atom is -0.273 e. The monoisotopic (exact) mass is 485 g/mol. The van der Waals surface area contributed by atoms with Crippen molar-refractivity contribution in [1.82, 2.24) is 4.84 Å². The largest absolute Gasteiger partial charge is 0.273 e. The fourth-order valence-corrected chi connectivity index (χ4v) is 5.10. The topological polar surface area (TPSA) is 29.1 Å². The van der Waals surface area contributed by atoms with Gasteiger partial charge in [-0.1, -0.05) is 168 Å². The van der Waals surface area contributed by atoms with Gasteiger partial charge in [0.1, 0.15) is 0 Å². The summed E-state index contributed by atoms with van der Waals surface area (Å²) < 4.78 is 0. The van der Waals surface area contributed by atoms with Crippen molar-refractivity contribution in [1.29, 1.82) is 0 Å². The second kappa shape index (κ2) is 28.0. The van der Waals surface area contributed by atoms with Gasteiger partial charge in [0.2, 0.25) is 5.91 Å². The summed E-state index contributed by atoms with van der Waals surface area (Å²) in [5.74, 6) is 0.163. The summed E-state index contributed by atoms with van der Waals surface area (Å²) in [7, 11) is 0. The number of carbonyl (C=O) groups is 1. The van der Waals surface area contributed by atoms with Crippen molar-refractivity contribution in [3.05, 3.63) is 0 Å². The lowest BCUT2D eigenvalue weighted by Crippen LogP contribution is -2.23. The predicted octanol–water partition coefficient (Wildman–Crippen LogP) is 11.1.